The molecule has 10 heterocycles. The Balaban J connectivity index is 0.000000170. The van der Waals surface area contributed by atoms with Gasteiger partial charge in [0, 0.05) is 102 Å². The minimum atomic E-state index is 0.483. The smallest absolute Gasteiger partial charge is 0.0280 e. The van der Waals surface area contributed by atoms with Crippen LogP contribution in [0.15, 0.2) is 97.1 Å². The normalized spacial score (nSPS) is 19.8. The van der Waals surface area contributed by atoms with Crippen LogP contribution in [-0.2, 0) is 0 Å². The predicted octanol–water partition coefficient (Wildman–Crippen LogP) is 21.9. The maximum Gasteiger partial charge on any atom is 0.0280 e. The van der Waals surface area contributed by atoms with Crippen LogP contribution >= 0.6 is 90.7 Å². The van der Waals surface area contributed by atoms with Crippen LogP contribution in [0.1, 0.15) is 183 Å². The van der Waals surface area contributed by atoms with E-state index in [1.165, 1.54) is 104 Å². The number of hydrogen-bond acceptors (Lipinski definition) is 8. The van der Waals surface area contributed by atoms with Gasteiger partial charge in [-0.05, 0) is 195 Å². The summed E-state index contributed by atoms with van der Waals surface area (Å²) in [6.07, 6.45) is 23.2. The zero-order valence-electron chi connectivity index (χ0n) is 40.6. The molecule has 0 saturated heterocycles. The fourth-order valence-corrected chi connectivity index (χ4v) is 17.9. The maximum absolute atomic E-state index is 2.35. The van der Waals surface area contributed by atoms with Crippen LogP contribution in [0.5, 0.6) is 0 Å². The lowest BCUT2D eigenvalue weighted by atomic mass is 9.94. The molecule has 0 radical (unpaired) electrons. The lowest BCUT2D eigenvalue weighted by Gasteiger charge is -2.16. The van der Waals surface area contributed by atoms with E-state index in [4.69, 9.17) is 0 Å². The average Bonchev–Trinajstić information content (AvgIpc) is 4.16. The lowest BCUT2D eigenvalue weighted by molar-refractivity contribution is 0.550. The van der Waals surface area contributed by atoms with E-state index in [9.17, 15) is 0 Å². The van der Waals surface area contributed by atoms with Gasteiger partial charge in [0.25, 0.3) is 0 Å². The van der Waals surface area contributed by atoms with Crippen LogP contribution in [0.25, 0.3) is 48.6 Å². The van der Waals surface area contributed by atoms with Gasteiger partial charge in [-0.25, -0.2) is 0 Å². The molecule has 0 amide bonds. The van der Waals surface area contributed by atoms with Gasteiger partial charge in [-0.2, -0.15) is 0 Å². The molecule has 0 nitrogen and oxygen atoms in total. The second kappa shape index (κ2) is 22.8. The molecule has 0 atom stereocenters. The molecule has 8 aromatic heterocycles. The number of rotatable bonds is 8. The highest BCUT2D eigenvalue weighted by Gasteiger charge is 2.24. The van der Waals surface area contributed by atoms with Crippen molar-refractivity contribution in [3.8, 4) is 0 Å². The first kappa shape index (κ1) is 49.5. The molecule has 0 unspecified atom stereocenters. The molecule has 0 aliphatic carbocycles. The van der Waals surface area contributed by atoms with E-state index in [0.717, 1.165) is 0 Å². The molecule has 16 bridgehead atoms. The van der Waals surface area contributed by atoms with Crippen molar-refractivity contribution in [1.82, 2.24) is 0 Å². The van der Waals surface area contributed by atoms with E-state index in [0.29, 0.717) is 47.3 Å². The van der Waals surface area contributed by atoms with Crippen LogP contribution in [-0.4, -0.2) is 0 Å². The second-order valence-electron chi connectivity index (χ2n) is 20.0. The summed E-state index contributed by atoms with van der Waals surface area (Å²) in [6.45, 7) is 18.7. The molecule has 352 valence electrons. The quantitative estimate of drug-likeness (QED) is 0.142. The Morgan fingerprint density at radius 2 is 0.368 bits per heavy atom. The summed E-state index contributed by atoms with van der Waals surface area (Å²) in [5.74, 6) is 4.59. The van der Waals surface area contributed by atoms with E-state index in [1.54, 1.807) is 0 Å². The van der Waals surface area contributed by atoms with Crippen molar-refractivity contribution in [2.75, 3.05) is 0 Å². The van der Waals surface area contributed by atoms with E-state index >= 15 is 0 Å². The molecule has 0 fully saturated rings. The first-order chi connectivity index (χ1) is 32.9. The highest BCUT2D eigenvalue weighted by molar-refractivity contribution is 7.17. The molecule has 0 saturated carbocycles. The summed E-state index contributed by atoms with van der Waals surface area (Å²) in [5.41, 5.74) is 0. The summed E-state index contributed by atoms with van der Waals surface area (Å²) in [5, 5.41) is 0. The van der Waals surface area contributed by atoms with Gasteiger partial charge in [0.05, 0.1) is 0 Å². The SMILES string of the molecule is CC(C)CC1c2ccc(s2)/C=C\c2ccc(s2)C(CC(C)C)c2ccc(s2)/C=C\c2ccc1s2.CC(C)CC1c2ccc(s2)/C=C\c2ccc(s2)C(CC(C)C)c2ccc(s2)/C=C\c2ccc1s2. The van der Waals surface area contributed by atoms with Crippen molar-refractivity contribution in [1.29, 1.82) is 0 Å². The topological polar surface area (TPSA) is 0 Å². The van der Waals surface area contributed by atoms with Gasteiger partial charge >= 0.3 is 0 Å². The molecule has 2 aliphatic rings. The van der Waals surface area contributed by atoms with Crippen LogP contribution in [0, 0.1) is 23.7 Å². The maximum atomic E-state index is 2.35. The van der Waals surface area contributed by atoms with Gasteiger partial charge < -0.3 is 0 Å². The molecule has 2 aliphatic heterocycles. The lowest BCUT2D eigenvalue weighted by Crippen LogP contribution is -2.01. The van der Waals surface area contributed by atoms with Crippen LogP contribution < -0.4 is 0 Å². The second-order valence-corrected chi connectivity index (χ2v) is 29.2. The predicted molar refractivity (Wildman–Crippen MR) is 315 cm³/mol. The third kappa shape index (κ3) is 12.7. The summed E-state index contributed by atoms with van der Waals surface area (Å²) in [7, 11) is 0. The minimum Gasteiger partial charge on any atom is -0.140 e. The molecular formula is C60H64S8. The van der Waals surface area contributed by atoms with E-state index in [2.05, 4.69) is 201 Å². The van der Waals surface area contributed by atoms with Crippen LogP contribution in [0.3, 0.4) is 0 Å². The van der Waals surface area contributed by atoms with Crippen molar-refractivity contribution in [3.05, 3.63) is 175 Å². The fraction of sp³-hybridized carbons (Fsp3) is 0.333. The highest BCUT2D eigenvalue weighted by Crippen LogP contribution is 2.44. The average molecular weight is 1040 g/mol. The Morgan fingerprint density at radius 1 is 0.235 bits per heavy atom. The van der Waals surface area contributed by atoms with Gasteiger partial charge in [0.1, 0.15) is 0 Å². The summed E-state index contributed by atoms with van der Waals surface area (Å²) < 4.78 is 0. The molecule has 68 heavy (non-hydrogen) atoms. The van der Waals surface area contributed by atoms with Crippen molar-refractivity contribution in [2.45, 2.75) is 105 Å². The first-order valence-corrected chi connectivity index (χ1v) is 30.9. The zero-order valence-corrected chi connectivity index (χ0v) is 47.1. The monoisotopic (exact) mass is 1040 g/mol. The Morgan fingerprint density at radius 3 is 0.485 bits per heavy atom. The van der Waals surface area contributed by atoms with Crippen LogP contribution in [0.2, 0.25) is 0 Å². The van der Waals surface area contributed by atoms with Gasteiger partial charge in [-0.1, -0.05) is 55.4 Å². The number of fused-ring (bicyclic) bond motifs is 16. The van der Waals surface area contributed by atoms with Crippen molar-refractivity contribution < 1.29 is 0 Å². The zero-order chi connectivity index (χ0) is 47.3. The molecule has 10 rings (SSSR count). The Bertz CT molecular complexity index is 2400. The minimum absolute atomic E-state index is 0.483. The third-order valence-electron chi connectivity index (χ3n) is 12.4. The summed E-state index contributed by atoms with van der Waals surface area (Å²) in [6, 6.07) is 37.2. The molecule has 8 heteroatoms. The number of thiophene rings is 8. The van der Waals surface area contributed by atoms with Crippen molar-refractivity contribution in [2.24, 2.45) is 23.7 Å². The van der Waals surface area contributed by atoms with Crippen molar-refractivity contribution >= 4 is 139 Å². The largest absolute Gasteiger partial charge is 0.140 e. The van der Waals surface area contributed by atoms with Gasteiger partial charge in [-0.15, -0.1) is 90.7 Å². The Hall–Kier alpha value is -3.44. The van der Waals surface area contributed by atoms with E-state index < -0.39 is 0 Å². The summed E-state index contributed by atoms with van der Waals surface area (Å²) >= 11 is 15.6. The van der Waals surface area contributed by atoms with Crippen molar-refractivity contribution in [3.63, 3.8) is 0 Å². The standard InChI is InChI=1S/2C30H32S4/c2*1-19(2)17-25-27-13-9-21(31-27)5-7-23-11-15-29(33-23)26(18-20(3)4)30-16-12-24(34-30)8-6-22-10-14-28(25)32-22/h2*5-16,19-20,25-26H,17-18H2,1-4H3/b2*7-5-,8-6-. The number of hydrogen-bond donors (Lipinski definition) is 0. The molecule has 0 spiro atoms. The van der Waals surface area contributed by atoms with E-state index in [1.807, 2.05) is 90.7 Å². The first-order valence-electron chi connectivity index (χ1n) is 24.4. The Labute approximate surface area is 438 Å². The van der Waals surface area contributed by atoms with E-state index in [-0.39, 0.29) is 0 Å². The van der Waals surface area contributed by atoms with Gasteiger partial charge in [0.2, 0.25) is 0 Å². The van der Waals surface area contributed by atoms with Gasteiger partial charge in [0.15, 0.2) is 0 Å². The fourth-order valence-electron chi connectivity index (χ4n) is 9.19. The van der Waals surface area contributed by atoms with Gasteiger partial charge in [-0.3, -0.25) is 0 Å². The molecule has 8 aromatic rings. The highest BCUT2D eigenvalue weighted by atomic mass is 32.1. The molecule has 0 aromatic carbocycles. The van der Waals surface area contributed by atoms with Crippen LogP contribution in [0.4, 0.5) is 0 Å². The molecular weight excluding hydrogens is 977 g/mol. The molecule has 0 N–H and O–H groups in total. The summed E-state index contributed by atoms with van der Waals surface area (Å²) in [4.78, 5) is 22.6. The third-order valence-corrected chi connectivity index (χ3v) is 21.7. The Kier molecular flexibility index (Phi) is 16.6.